The van der Waals surface area contributed by atoms with Gasteiger partial charge in [0.05, 0.1) is 0 Å². The molecule has 0 aliphatic rings. The summed E-state index contributed by atoms with van der Waals surface area (Å²) in [5.74, 6) is -2.14. The van der Waals surface area contributed by atoms with Crippen molar-refractivity contribution >= 4 is 11.9 Å². The van der Waals surface area contributed by atoms with Gasteiger partial charge in [0.1, 0.15) is 12.1 Å². The van der Waals surface area contributed by atoms with E-state index in [2.05, 4.69) is 0 Å². The zero-order chi connectivity index (χ0) is 12.0. The van der Waals surface area contributed by atoms with Crippen molar-refractivity contribution in [2.45, 2.75) is 32.4 Å². The third-order valence-corrected chi connectivity index (χ3v) is 2.28. The molecule has 0 aliphatic heterocycles. The van der Waals surface area contributed by atoms with Crippen molar-refractivity contribution in [3.05, 3.63) is 0 Å². The molecule has 0 aromatic heterocycles. The molecule has 0 radical (unpaired) electrons. The van der Waals surface area contributed by atoms with Crippen LogP contribution in [0.15, 0.2) is 0 Å². The topological polar surface area (TPSA) is 98.1 Å². The molecule has 0 saturated carbocycles. The maximum atomic E-state index is 10.7. The Morgan fingerprint density at radius 1 is 1.13 bits per heavy atom. The lowest BCUT2D eigenvalue weighted by molar-refractivity contribution is -0.149. The Morgan fingerprint density at radius 2 is 1.53 bits per heavy atom. The van der Waals surface area contributed by atoms with Gasteiger partial charge < -0.3 is 15.3 Å². The molecule has 0 saturated heterocycles. The first-order valence-electron chi connectivity index (χ1n) is 4.74. The molecule has 0 heterocycles. The fourth-order valence-corrected chi connectivity index (χ4v) is 1.26. The van der Waals surface area contributed by atoms with Crippen LogP contribution in [0.3, 0.4) is 0 Å². The van der Waals surface area contributed by atoms with Gasteiger partial charge in [-0.1, -0.05) is 0 Å². The number of hydrogen-bond acceptors (Lipinski definition) is 4. The summed E-state index contributed by atoms with van der Waals surface area (Å²) >= 11 is 0. The second-order valence-corrected chi connectivity index (χ2v) is 3.34. The van der Waals surface area contributed by atoms with E-state index in [9.17, 15) is 9.59 Å². The van der Waals surface area contributed by atoms with Gasteiger partial charge in [-0.2, -0.15) is 0 Å². The number of aliphatic carboxylic acids is 2. The Morgan fingerprint density at radius 3 is 1.80 bits per heavy atom. The first-order valence-corrected chi connectivity index (χ1v) is 4.74. The van der Waals surface area contributed by atoms with Gasteiger partial charge in [0.25, 0.3) is 0 Å². The van der Waals surface area contributed by atoms with E-state index in [1.165, 1.54) is 18.7 Å². The standard InChI is InChI=1S/C9H17NO5/c1-6(8(12)13)10(4-3-5-11)7(2)9(14)15/h6-7,11H,3-5H2,1-2H3,(H,12,13)(H,14,15). The highest BCUT2D eigenvalue weighted by atomic mass is 16.4. The van der Waals surface area contributed by atoms with E-state index in [1.807, 2.05) is 0 Å². The first kappa shape index (κ1) is 13.9. The van der Waals surface area contributed by atoms with Crippen LogP contribution in [0.1, 0.15) is 20.3 Å². The average molecular weight is 219 g/mol. The molecule has 2 unspecified atom stereocenters. The predicted octanol–water partition coefficient (Wildman–Crippen LogP) is -0.383. The van der Waals surface area contributed by atoms with E-state index in [0.29, 0.717) is 6.42 Å². The van der Waals surface area contributed by atoms with Crippen molar-refractivity contribution in [1.29, 1.82) is 0 Å². The van der Waals surface area contributed by atoms with E-state index in [0.717, 1.165) is 0 Å². The van der Waals surface area contributed by atoms with Gasteiger partial charge in [0.2, 0.25) is 0 Å². The molecule has 15 heavy (non-hydrogen) atoms. The van der Waals surface area contributed by atoms with E-state index in [-0.39, 0.29) is 13.2 Å². The highest BCUT2D eigenvalue weighted by Crippen LogP contribution is 2.07. The van der Waals surface area contributed by atoms with Crippen molar-refractivity contribution in [2.75, 3.05) is 13.2 Å². The molecule has 2 atom stereocenters. The SMILES string of the molecule is CC(C(=O)O)N(CCCO)C(C)C(=O)O. The molecule has 0 fully saturated rings. The number of carboxylic acid groups (broad SMARTS) is 2. The molecule has 6 heteroatoms. The first-order chi connectivity index (χ1) is 6.91. The van der Waals surface area contributed by atoms with Crippen molar-refractivity contribution in [2.24, 2.45) is 0 Å². The maximum absolute atomic E-state index is 10.7. The molecule has 0 aromatic rings. The van der Waals surface area contributed by atoms with Gasteiger partial charge in [0, 0.05) is 13.2 Å². The van der Waals surface area contributed by atoms with E-state index in [1.54, 1.807) is 0 Å². The molecule has 0 aromatic carbocycles. The van der Waals surface area contributed by atoms with Crippen molar-refractivity contribution < 1.29 is 24.9 Å². The van der Waals surface area contributed by atoms with Gasteiger partial charge in [-0.3, -0.25) is 14.5 Å². The molecule has 3 N–H and O–H groups in total. The Balaban J connectivity index is 4.56. The summed E-state index contributed by atoms with van der Waals surface area (Å²) in [5.41, 5.74) is 0. The van der Waals surface area contributed by atoms with Crippen molar-refractivity contribution in [1.82, 2.24) is 4.90 Å². The van der Waals surface area contributed by atoms with Crippen LogP contribution in [0.4, 0.5) is 0 Å². The van der Waals surface area contributed by atoms with Crippen LogP contribution in [0, 0.1) is 0 Å². The Bertz CT molecular complexity index is 211. The van der Waals surface area contributed by atoms with Crippen molar-refractivity contribution in [3.8, 4) is 0 Å². The average Bonchev–Trinajstić information content (AvgIpc) is 2.17. The third-order valence-electron chi connectivity index (χ3n) is 2.28. The summed E-state index contributed by atoms with van der Waals surface area (Å²) < 4.78 is 0. The zero-order valence-corrected chi connectivity index (χ0v) is 8.88. The summed E-state index contributed by atoms with van der Waals surface area (Å²) in [5, 5.41) is 26.2. The monoisotopic (exact) mass is 219 g/mol. The van der Waals surface area contributed by atoms with Crippen LogP contribution in [0.5, 0.6) is 0 Å². The molecule has 6 nitrogen and oxygen atoms in total. The van der Waals surface area contributed by atoms with Gasteiger partial charge >= 0.3 is 11.9 Å². The highest BCUT2D eigenvalue weighted by Gasteiger charge is 2.28. The lowest BCUT2D eigenvalue weighted by atomic mass is 10.2. The number of aliphatic hydroxyl groups excluding tert-OH is 1. The minimum atomic E-state index is -1.07. The van der Waals surface area contributed by atoms with Crippen LogP contribution < -0.4 is 0 Å². The Kier molecular flexibility index (Phi) is 5.88. The van der Waals surface area contributed by atoms with Crippen LogP contribution in [-0.4, -0.2) is 57.4 Å². The fraction of sp³-hybridized carbons (Fsp3) is 0.778. The summed E-state index contributed by atoms with van der Waals surface area (Å²) in [4.78, 5) is 22.8. The summed E-state index contributed by atoms with van der Waals surface area (Å²) in [6.45, 7) is 3.02. The zero-order valence-electron chi connectivity index (χ0n) is 8.88. The van der Waals surface area contributed by atoms with Gasteiger partial charge in [-0.05, 0) is 20.3 Å². The Hall–Kier alpha value is -1.14. The van der Waals surface area contributed by atoms with Crippen LogP contribution in [0.25, 0.3) is 0 Å². The number of rotatable bonds is 7. The molecular weight excluding hydrogens is 202 g/mol. The molecule has 0 amide bonds. The van der Waals surface area contributed by atoms with Crippen LogP contribution >= 0.6 is 0 Å². The second-order valence-electron chi connectivity index (χ2n) is 3.34. The summed E-state index contributed by atoms with van der Waals surface area (Å²) in [7, 11) is 0. The normalized spacial score (nSPS) is 14.9. The summed E-state index contributed by atoms with van der Waals surface area (Å²) in [6.07, 6.45) is 0.356. The predicted molar refractivity (Wildman–Crippen MR) is 52.6 cm³/mol. The molecule has 0 aliphatic carbocycles. The summed E-state index contributed by atoms with van der Waals surface area (Å²) in [6, 6.07) is -1.75. The number of aliphatic hydroxyl groups is 1. The lowest BCUT2D eigenvalue weighted by Crippen LogP contribution is -2.48. The van der Waals surface area contributed by atoms with E-state index in [4.69, 9.17) is 15.3 Å². The smallest absolute Gasteiger partial charge is 0.320 e. The van der Waals surface area contributed by atoms with E-state index < -0.39 is 24.0 Å². The number of hydrogen-bond donors (Lipinski definition) is 3. The van der Waals surface area contributed by atoms with Crippen LogP contribution in [0.2, 0.25) is 0 Å². The quantitative estimate of drug-likeness (QED) is 0.539. The number of carbonyl (C=O) groups is 2. The molecule has 0 bridgehead atoms. The fourth-order valence-electron chi connectivity index (χ4n) is 1.26. The second kappa shape index (κ2) is 6.36. The van der Waals surface area contributed by atoms with E-state index >= 15 is 0 Å². The molecular formula is C9H17NO5. The lowest BCUT2D eigenvalue weighted by Gasteiger charge is -2.29. The minimum absolute atomic E-state index is 0.0881. The molecule has 0 spiro atoms. The Labute approximate surface area is 88.1 Å². The largest absolute Gasteiger partial charge is 0.480 e. The van der Waals surface area contributed by atoms with Crippen molar-refractivity contribution in [3.63, 3.8) is 0 Å². The number of nitrogens with zero attached hydrogens (tertiary/aromatic N) is 1. The van der Waals surface area contributed by atoms with Gasteiger partial charge in [0.15, 0.2) is 0 Å². The molecule has 88 valence electrons. The van der Waals surface area contributed by atoms with Crippen LogP contribution in [-0.2, 0) is 9.59 Å². The molecule has 0 rings (SSSR count). The van der Waals surface area contributed by atoms with Gasteiger partial charge in [-0.25, -0.2) is 0 Å². The minimum Gasteiger partial charge on any atom is -0.480 e. The number of carboxylic acids is 2. The third kappa shape index (κ3) is 4.26. The highest BCUT2D eigenvalue weighted by molar-refractivity contribution is 5.76. The maximum Gasteiger partial charge on any atom is 0.320 e. The van der Waals surface area contributed by atoms with Gasteiger partial charge in [-0.15, -0.1) is 0 Å².